The largest absolute Gasteiger partial charge is 0.490 e. The van der Waals surface area contributed by atoms with Gasteiger partial charge in [-0.15, -0.1) is 0 Å². The van der Waals surface area contributed by atoms with Crippen LogP contribution in [-0.4, -0.2) is 36.1 Å². The van der Waals surface area contributed by atoms with E-state index < -0.39 is 12.1 Å². The van der Waals surface area contributed by atoms with E-state index in [1.54, 1.807) is 0 Å². The van der Waals surface area contributed by atoms with Crippen LogP contribution in [0.3, 0.4) is 0 Å². The van der Waals surface area contributed by atoms with Crippen molar-refractivity contribution in [2.75, 3.05) is 13.1 Å². The van der Waals surface area contributed by atoms with Crippen LogP contribution in [0.5, 0.6) is 0 Å². The van der Waals surface area contributed by atoms with Crippen LogP contribution in [-0.2, 0) is 9.59 Å². The molecule has 0 spiro atoms. The van der Waals surface area contributed by atoms with E-state index in [1.807, 2.05) is 0 Å². The molecule has 0 aromatic rings. The summed E-state index contributed by atoms with van der Waals surface area (Å²) in [5.41, 5.74) is 0. The van der Waals surface area contributed by atoms with Gasteiger partial charge >= 0.3 is 12.1 Å². The molecule has 0 bridgehead atoms. The minimum atomic E-state index is -5.08. The number of nitrogens with one attached hydrogen (secondary N) is 1. The highest BCUT2D eigenvalue weighted by atomic mass is 19.4. The van der Waals surface area contributed by atoms with E-state index in [0.717, 1.165) is 25.9 Å². The number of carbonyl (C=O) groups excluding carboxylic acids is 1. The summed E-state index contributed by atoms with van der Waals surface area (Å²) in [5.74, 6) is -0.894. The van der Waals surface area contributed by atoms with Gasteiger partial charge in [-0.3, -0.25) is 4.79 Å². The topological polar surface area (TPSA) is 66.4 Å². The number of carboxylic acids is 1. The summed E-state index contributed by atoms with van der Waals surface area (Å²) in [4.78, 5) is 19.7. The molecule has 4 nitrogen and oxygen atoms in total. The molecule has 2 atom stereocenters. The van der Waals surface area contributed by atoms with Gasteiger partial charge in [-0.2, -0.15) is 13.2 Å². The van der Waals surface area contributed by atoms with E-state index in [4.69, 9.17) is 9.90 Å². The highest BCUT2D eigenvalue weighted by molar-refractivity contribution is 5.81. The van der Waals surface area contributed by atoms with Gasteiger partial charge in [0.1, 0.15) is 5.78 Å². The molecule has 0 aromatic heterocycles. The second-order valence-corrected chi connectivity index (χ2v) is 3.93. The number of aliphatic carboxylic acids is 1. The summed E-state index contributed by atoms with van der Waals surface area (Å²) in [7, 11) is 0. The number of carboxylic acid groups (broad SMARTS) is 1. The first-order valence-corrected chi connectivity index (χ1v) is 4.83. The second-order valence-electron chi connectivity index (χ2n) is 3.93. The lowest BCUT2D eigenvalue weighted by Gasteiger charge is -2.01. The molecule has 1 aliphatic heterocycles. The van der Waals surface area contributed by atoms with Gasteiger partial charge in [0, 0.05) is 12.8 Å². The summed E-state index contributed by atoms with van der Waals surface area (Å²) in [6, 6.07) is 0. The second kappa shape index (κ2) is 4.82. The Morgan fingerprint density at radius 3 is 1.94 bits per heavy atom. The van der Waals surface area contributed by atoms with Crippen molar-refractivity contribution in [1.29, 1.82) is 0 Å². The van der Waals surface area contributed by atoms with Crippen LogP contribution in [0.4, 0.5) is 13.2 Å². The number of ketones is 1. The fraction of sp³-hybridized carbons (Fsp3) is 0.778. The van der Waals surface area contributed by atoms with Crippen molar-refractivity contribution in [2.45, 2.75) is 19.0 Å². The van der Waals surface area contributed by atoms with Crippen LogP contribution in [0, 0.1) is 11.8 Å². The Morgan fingerprint density at radius 2 is 1.62 bits per heavy atom. The number of carbonyl (C=O) groups is 2. The van der Waals surface area contributed by atoms with Gasteiger partial charge in [-0.05, 0) is 24.9 Å². The minimum absolute atomic E-state index is 0.478. The quantitative estimate of drug-likeness (QED) is 0.656. The molecule has 92 valence electrons. The average molecular weight is 239 g/mol. The van der Waals surface area contributed by atoms with Crippen molar-refractivity contribution < 1.29 is 27.9 Å². The molecular weight excluding hydrogens is 227 g/mol. The third-order valence-corrected chi connectivity index (χ3v) is 2.70. The SMILES string of the molecule is O=C(O)C(F)(F)F.O=C1CC2CNCC2C1. The normalized spacial score (nSPS) is 28.3. The molecule has 2 N–H and O–H groups in total. The molecule has 0 amide bonds. The number of fused-ring (bicyclic) bond motifs is 1. The third kappa shape index (κ3) is 3.48. The third-order valence-electron chi connectivity index (χ3n) is 2.70. The van der Waals surface area contributed by atoms with Crippen molar-refractivity contribution in [3.05, 3.63) is 0 Å². The Morgan fingerprint density at radius 1 is 1.25 bits per heavy atom. The number of rotatable bonds is 0. The first-order chi connectivity index (χ1) is 7.30. The molecule has 1 saturated heterocycles. The van der Waals surface area contributed by atoms with Gasteiger partial charge in [0.15, 0.2) is 0 Å². The van der Waals surface area contributed by atoms with Crippen molar-refractivity contribution in [1.82, 2.24) is 5.32 Å². The molecule has 1 saturated carbocycles. The predicted octanol–water partition coefficient (Wildman–Crippen LogP) is 0.818. The Hall–Kier alpha value is -1.11. The lowest BCUT2D eigenvalue weighted by atomic mass is 10.0. The number of hydrogen-bond acceptors (Lipinski definition) is 3. The molecular formula is C9H12F3NO3. The number of alkyl halides is 3. The molecule has 16 heavy (non-hydrogen) atoms. The first kappa shape index (κ1) is 13.0. The van der Waals surface area contributed by atoms with Crippen molar-refractivity contribution in [3.63, 3.8) is 0 Å². The van der Waals surface area contributed by atoms with E-state index >= 15 is 0 Å². The lowest BCUT2D eigenvalue weighted by molar-refractivity contribution is -0.192. The van der Waals surface area contributed by atoms with Gasteiger partial charge in [0.05, 0.1) is 0 Å². The van der Waals surface area contributed by atoms with E-state index in [2.05, 4.69) is 5.32 Å². The zero-order valence-electron chi connectivity index (χ0n) is 8.38. The first-order valence-electron chi connectivity index (χ1n) is 4.83. The van der Waals surface area contributed by atoms with Crippen LogP contribution < -0.4 is 5.32 Å². The average Bonchev–Trinajstić information content (AvgIpc) is 2.62. The minimum Gasteiger partial charge on any atom is -0.475 e. The fourth-order valence-electron chi connectivity index (χ4n) is 1.93. The van der Waals surface area contributed by atoms with Crippen LogP contribution in [0.1, 0.15) is 12.8 Å². The highest BCUT2D eigenvalue weighted by Gasteiger charge is 2.38. The van der Waals surface area contributed by atoms with Crippen LogP contribution in [0.25, 0.3) is 0 Å². The molecule has 1 aliphatic carbocycles. The fourth-order valence-corrected chi connectivity index (χ4v) is 1.93. The molecule has 0 radical (unpaired) electrons. The zero-order valence-corrected chi connectivity index (χ0v) is 8.38. The Balaban J connectivity index is 0.000000168. The monoisotopic (exact) mass is 239 g/mol. The molecule has 7 heteroatoms. The summed E-state index contributed by atoms with van der Waals surface area (Å²) < 4.78 is 31.7. The maximum absolute atomic E-state index is 10.8. The maximum atomic E-state index is 10.8. The molecule has 2 unspecified atom stereocenters. The Bertz CT molecular complexity index is 276. The molecule has 2 fully saturated rings. The molecule has 0 aromatic carbocycles. The van der Waals surface area contributed by atoms with Crippen molar-refractivity contribution in [2.24, 2.45) is 11.8 Å². The lowest BCUT2D eigenvalue weighted by Crippen LogP contribution is -2.21. The smallest absolute Gasteiger partial charge is 0.475 e. The Kier molecular flexibility index (Phi) is 3.90. The van der Waals surface area contributed by atoms with Gasteiger partial charge in [-0.25, -0.2) is 4.79 Å². The summed E-state index contributed by atoms with van der Waals surface area (Å²) in [6.45, 7) is 2.16. The van der Waals surface area contributed by atoms with Gasteiger partial charge in [0.2, 0.25) is 0 Å². The number of halogens is 3. The van der Waals surface area contributed by atoms with Gasteiger partial charge in [0.25, 0.3) is 0 Å². The molecule has 2 aliphatic rings. The maximum Gasteiger partial charge on any atom is 0.490 e. The Labute approximate surface area is 89.8 Å². The van der Waals surface area contributed by atoms with Gasteiger partial charge < -0.3 is 10.4 Å². The van der Waals surface area contributed by atoms with E-state index in [9.17, 15) is 18.0 Å². The number of hydrogen-bond donors (Lipinski definition) is 2. The molecule has 2 rings (SSSR count). The van der Waals surface area contributed by atoms with Crippen LogP contribution in [0.2, 0.25) is 0 Å². The van der Waals surface area contributed by atoms with E-state index in [-0.39, 0.29) is 0 Å². The number of Topliss-reactive ketones (excluding diaryl/α,β-unsaturated/α-hetero) is 1. The van der Waals surface area contributed by atoms with Gasteiger partial charge in [-0.1, -0.05) is 0 Å². The summed E-state index contributed by atoms with van der Waals surface area (Å²) in [5, 5.41) is 10.4. The predicted molar refractivity (Wildman–Crippen MR) is 47.8 cm³/mol. The van der Waals surface area contributed by atoms with E-state index in [0.29, 0.717) is 17.6 Å². The van der Waals surface area contributed by atoms with E-state index in [1.165, 1.54) is 0 Å². The molecule has 1 heterocycles. The standard InChI is InChI=1S/C7H11NO.C2HF3O2/c9-7-1-5-3-8-4-6(5)2-7;3-2(4,5)1(6)7/h5-6,8H,1-4H2;(H,6,7). The van der Waals surface area contributed by atoms with Crippen LogP contribution in [0.15, 0.2) is 0 Å². The van der Waals surface area contributed by atoms with Crippen molar-refractivity contribution in [3.8, 4) is 0 Å². The summed E-state index contributed by atoms with van der Waals surface area (Å²) >= 11 is 0. The zero-order chi connectivity index (χ0) is 12.3. The summed E-state index contributed by atoms with van der Waals surface area (Å²) in [6.07, 6.45) is -3.39. The van der Waals surface area contributed by atoms with Crippen LogP contribution >= 0.6 is 0 Å². The highest BCUT2D eigenvalue weighted by Crippen LogP contribution is 2.31. The van der Waals surface area contributed by atoms with Crippen molar-refractivity contribution >= 4 is 11.8 Å².